The Hall–Kier alpha value is -1.77. The maximum absolute atomic E-state index is 13.1. The van der Waals surface area contributed by atoms with Crippen LogP contribution < -0.4 is 5.32 Å². The minimum Gasteiger partial charge on any atom is -0.392 e. The maximum Gasteiger partial charge on any atom is 0.416 e. The number of aliphatic hydroxyl groups excluding tert-OH is 1. The van der Waals surface area contributed by atoms with Gasteiger partial charge in [-0.15, -0.1) is 12.4 Å². The molecule has 1 fully saturated rings. The van der Waals surface area contributed by atoms with E-state index in [2.05, 4.69) is 5.32 Å². The first-order valence-corrected chi connectivity index (χ1v) is 9.75. The average molecular weight is 468 g/mol. The number of hydrogen-bond acceptors (Lipinski definition) is 2. The molecule has 1 atom stereocenters. The van der Waals surface area contributed by atoms with E-state index in [9.17, 15) is 31.4 Å². The largest absolute Gasteiger partial charge is 0.416 e. The summed E-state index contributed by atoms with van der Waals surface area (Å²) in [5.41, 5.74) is -2.41. The van der Waals surface area contributed by atoms with Gasteiger partial charge in [0.05, 0.1) is 17.2 Å². The molecule has 3 rings (SSSR count). The monoisotopic (exact) mass is 467 g/mol. The number of nitrogens with one attached hydrogen (secondary N) is 1. The minimum atomic E-state index is -4.88. The van der Waals surface area contributed by atoms with Gasteiger partial charge < -0.3 is 10.4 Å². The molecule has 2 aromatic rings. The number of aryl methyl sites for hydroxylation is 1. The second kappa shape index (κ2) is 9.79. The normalized spacial score (nSPS) is 17.6. The van der Waals surface area contributed by atoms with E-state index < -0.39 is 35.0 Å². The Bertz CT molecular complexity index is 815. The summed E-state index contributed by atoms with van der Waals surface area (Å²) in [6.07, 6.45) is -9.41. The van der Waals surface area contributed by atoms with E-state index >= 15 is 0 Å². The van der Waals surface area contributed by atoms with Crippen LogP contribution >= 0.6 is 12.4 Å². The molecule has 2 aromatic carbocycles. The molecule has 172 valence electrons. The summed E-state index contributed by atoms with van der Waals surface area (Å²) >= 11 is 0. The Labute approximate surface area is 183 Å². The fourth-order valence-corrected chi connectivity index (χ4v) is 4.20. The first-order chi connectivity index (χ1) is 14.0. The molecule has 2 nitrogen and oxygen atoms in total. The first-order valence-electron chi connectivity index (χ1n) is 9.75. The number of hydrogen-bond donors (Lipinski definition) is 2. The van der Waals surface area contributed by atoms with Crippen LogP contribution in [0.15, 0.2) is 48.5 Å². The molecule has 1 aliphatic rings. The van der Waals surface area contributed by atoms with Crippen molar-refractivity contribution in [1.29, 1.82) is 0 Å². The van der Waals surface area contributed by atoms with Crippen LogP contribution in [-0.2, 0) is 24.2 Å². The molecule has 1 unspecified atom stereocenters. The van der Waals surface area contributed by atoms with Crippen LogP contribution in [0, 0.1) is 0 Å². The molecule has 0 radical (unpaired) electrons. The summed E-state index contributed by atoms with van der Waals surface area (Å²) in [6.45, 7) is 1.35. The van der Waals surface area contributed by atoms with Crippen molar-refractivity contribution in [1.82, 2.24) is 5.32 Å². The molecule has 2 N–H and O–H groups in total. The van der Waals surface area contributed by atoms with Crippen LogP contribution in [0.3, 0.4) is 0 Å². The van der Waals surface area contributed by atoms with Crippen LogP contribution in [0.1, 0.15) is 41.5 Å². The summed E-state index contributed by atoms with van der Waals surface area (Å²) in [4.78, 5) is 0. The van der Waals surface area contributed by atoms with Gasteiger partial charge in [-0.3, -0.25) is 0 Å². The zero-order chi connectivity index (χ0) is 22.0. The lowest BCUT2D eigenvalue weighted by Gasteiger charge is -2.42. The van der Waals surface area contributed by atoms with Crippen molar-refractivity contribution in [2.45, 2.75) is 49.6 Å². The summed E-state index contributed by atoms with van der Waals surface area (Å²) in [5.74, 6) is 0. The molecule has 1 aliphatic heterocycles. The fourth-order valence-electron chi connectivity index (χ4n) is 4.20. The van der Waals surface area contributed by atoms with E-state index in [1.807, 2.05) is 30.3 Å². The summed E-state index contributed by atoms with van der Waals surface area (Å²) in [6, 6.07) is 11.0. The van der Waals surface area contributed by atoms with Crippen LogP contribution in [0.2, 0.25) is 0 Å². The van der Waals surface area contributed by atoms with Crippen molar-refractivity contribution in [3.05, 3.63) is 70.8 Å². The second-order valence-electron chi connectivity index (χ2n) is 7.74. The van der Waals surface area contributed by atoms with Crippen LogP contribution in [0.25, 0.3) is 0 Å². The topological polar surface area (TPSA) is 32.3 Å². The molecular formula is C22H24ClF6NO. The Kier molecular flexibility index (Phi) is 8.05. The van der Waals surface area contributed by atoms with E-state index in [1.165, 1.54) is 0 Å². The average Bonchev–Trinajstić information content (AvgIpc) is 2.71. The van der Waals surface area contributed by atoms with Crippen molar-refractivity contribution in [3.8, 4) is 0 Å². The van der Waals surface area contributed by atoms with Gasteiger partial charge in [-0.05, 0) is 68.1 Å². The highest BCUT2D eigenvalue weighted by Crippen LogP contribution is 2.40. The van der Waals surface area contributed by atoms with Crippen molar-refractivity contribution in [3.63, 3.8) is 0 Å². The van der Waals surface area contributed by atoms with Gasteiger partial charge in [-0.25, -0.2) is 0 Å². The van der Waals surface area contributed by atoms with E-state index in [-0.39, 0.29) is 36.9 Å². The molecule has 0 saturated carbocycles. The molecule has 0 aliphatic carbocycles. The molecule has 1 heterocycles. The molecular weight excluding hydrogens is 444 g/mol. The van der Waals surface area contributed by atoms with Gasteiger partial charge >= 0.3 is 12.4 Å². The predicted octanol–water partition coefficient (Wildman–Crippen LogP) is 5.76. The molecule has 0 aromatic heterocycles. The van der Waals surface area contributed by atoms with E-state index in [0.717, 1.165) is 17.7 Å². The zero-order valence-corrected chi connectivity index (χ0v) is 17.4. The SMILES string of the molecule is Cl.OC(CCc1cc(C(F)(F)F)cc(C(F)(F)F)c1)C1(c2ccccc2)CCNCC1. The summed E-state index contributed by atoms with van der Waals surface area (Å²) < 4.78 is 78.5. The second-order valence-corrected chi connectivity index (χ2v) is 7.74. The predicted molar refractivity (Wildman–Crippen MR) is 108 cm³/mol. The number of rotatable bonds is 5. The highest BCUT2D eigenvalue weighted by molar-refractivity contribution is 5.85. The molecule has 9 heteroatoms. The molecule has 0 bridgehead atoms. The third-order valence-corrected chi connectivity index (χ3v) is 5.84. The lowest BCUT2D eigenvalue weighted by Crippen LogP contribution is -2.48. The smallest absolute Gasteiger partial charge is 0.392 e. The van der Waals surface area contributed by atoms with E-state index in [1.54, 1.807) is 0 Å². The van der Waals surface area contributed by atoms with Crippen LogP contribution in [0.4, 0.5) is 26.3 Å². The number of benzene rings is 2. The number of halogens is 7. The van der Waals surface area contributed by atoms with E-state index in [4.69, 9.17) is 0 Å². The van der Waals surface area contributed by atoms with Gasteiger partial charge in [0.2, 0.25) is 0 Å². The minimum absolute atomic E-state index is 0. The van der Waals surface area contributed by atoms with Crippen molar-refractivity contribution in [2.24, 2.45) is 0 Å². The highest BCUT2D eigenvalue weighted by Gasteiger charge is 2.41. The zero-order valence-electron chi connectivity index (χ0n) is 16.6. The van der Waals surface area contributed by atoms with Crippen molar-refractivity contribution < 1.29 is 31.4 Å². The Morgan fingerprint density at radius 3 is 1.87 bits per heavy atom. The van der Waals surface area contributed by atoms with Gasteiger partial charge in [0, 0.05) is 5.41 Å². The van der Waals surface area contributed by atoms with Gasteiger partial charge in [-0.1, -0.05) is 30.3 Å². The Morgan fingerprint density at radius 2 is 1.39 bits per heavy atom. The van der Waals surface area contributed by atoms with Crippen molar-refractivity contribution >= 4 is 12.4 Å². The third-order valence-electron chi connectivity index (χ3n) is 5.84. The number of aliphatic hydroxyl groups is 1. The maximum atomic E-state index is 13.1. The fraction of sp³-hybridized carbons (Fsp3) is 0.455. The summed E-state index contributed by atoms with van der Waals surface area (Å²) in [5, 5.41) is 14.3. The van der Waals surface area contributed by atoms with Gasteiger partial charge in [-0.2, -0.15) is 26.3 Å². The van der Waals surface area contributed by atoms with Gasteiger partial charge in [0.15, 0.2) is 0 Å². The molecule has 1 saturated heterocycles. The Balaban J connectivity index is 0.00000341. The lowest BCUT2D eigenvalue weighted by molar-refractivity contribution is -0.143. The third kappa shape index (κ3) is 5.93. The molecule has 0 spiro atoms. The van der Waals surface area contributed by atoms with Crippen molar-refractivity contribution in [2.75, 3.05) is 13.1 Å². The quantitative estimate of drug-likeness (QED) is 0.548. The molecule has 31 heavy (non-hydrogen) atoms. The summed E-state index contributed by atoms with van der Waals surface area (Å²) in [7, 11) is 0. The van der Waals surface area contributed by atoms with Gasteiger partial charge in [0.25, 0.3) is 0 Å². The number of piperidine rings is 1. The standard InChI is InChI=1S/C22H23F6NO.ClH/c23-21(24,25)17-12-15(13-18(14-17)22(26,27)28)6-7-19(30)20(8-10-29-11-9-20)16-4-2-1-3-5-16;/h1-5,12-14,19,29-30H,6-11H2;1H. The first kappa shape index (κ1) is 25.5. The van der Waals surface area contributed by atoms with Gasteiger partial charge in [0.1, 0.15) is 0 Å². The molecule has 0 amide bonds. The van der Waals surface area contributed by atoms with Crippen LogP contribution in [0.5, 0.6) is 0 Å². The number of alkyl halides is 6. The lowest BCUT2D eigenvalue weighted by atomic mass is 9.68. The highest BCUT2D eigenvalue weighted by atomic mass is 35.5. The van der Waals surface area contributed by atoms with E-state index in [0.29, 0.717) is 25.9 Å². The van der Waals surface area contributed by atoms with Crippen LogP contribution in [-0.4, -0.2) is 24.3 Å². The Morgan fingerprint density at radius 1 is 0.871 bits per heavy atom.